The van der Waals surface area contributed by atoms with Crippen molar-refractivity contribution in [2.75, 3.05) is 20.1 Å². The van der Waals surface area contributed by atoms with Gasteiger partial charge in [0.05, 0.1) is 5.39 Å². The van der Waals surface area contributed by atoms with Crippen LogP contribution in [-0.4, -0.2) is 34.6 Å². The molecule has 0 radical (unpaired) electrons. The van der Waals surface area contributed by atoms with E-state index in [1.807, 2.05) is 41.0 Å². The topological polar surface area (TPSA) is 38.1 Å². The van der Waals surface area contributed by atoms with Crippen LogP contribution in [0, 0.1) is 0 Å². The van der Waals surface area contributed by atoms with Crippen LogP contribution in [0.4, 0.5) is 0 Å². The molecule has 0 N–H and O–H groups in total. The smallest absolute Gasteiger partial charge is 0.263 e. The van der Waals surface area contributed by atoms with E-state index in [9.17, 15) is 4.79 Å². The van der Waals surface area contributed by atoms with Crippen LogP contribution >= 0.6 is 11.3 Å². The van der Waals surface area contributed by atoms with Gasteiger partial charge >= 0.3 is 0 Å². The molecule has 2 aromatic heterocycles. The molecule has 0 atom stereocenters. The molecule has 5 rings (SSSR count). The zero-order chi connectivity index (χ0) is 20.5. The molecule has 0 saturated carbocycles. The van der Waals surface area contributed by atoms with Gasteiger partial charge in [-0.2, -0.15) is 0 Å². The molecule has 1 aliphatic rings. The summed E-state index contributed by atoms with van der Waals surface area (Å²) in [6.07, 6.45) is 2.64. The predicted molar refractivity (Wildman–Crippen MR) is 124 cm³/mol. The Balaban J connectivity index is 1.68. The number of likely N-dealkylation sites (tertiary alicyclic amines) is 1. The molecule has 3 heterocycles. The van der Waals surface area contributed by atoms with Gasteiger partial charge in [-0.05, 0) is 44.1 Å². The van der Waals surface area contributed by atoms with E-state index in [1.54, 1.807) is 11.3 Å². The first-order chi connectivity index (χ1) is 14.7. The number of rotatable bonds is 4. The van der Waals surface area contributed by atoms with E-state index in [0.717, 1.165) is 53.1 Å². The molecule has 0 bridgehead atoms. The fraction of sp³-hybridized carbons (Fsp3) is 0.280. The van der Waals surface area contributed by atoms with Crippen LogP contribution in [0.3, 0.4) is 0 Å². The van der Waals surface area contributed by atoms with Crippen molar-refractivity contribution in [3.63, 3.8) is 0 Å². The molecule has 2 aromatic carbocycles. The summed E-state index contributed by atoms with van der Waals surface area (Å²) >= 11 is 1.57. The highest BCUT2D eigenvalue weighted by Crippen LogP contribution is 2.32. The summed E-state index contributed by atoms with van der Waals surface area (Å²) in [4.78, 5) is 22.1. The number of benzene rings is 2. The fourth-order valence-electron chi connectivity index (χ4n) is 4.41. The lowest BCUT2D eigenvalue weighted by Crippen LogP contribution is -2.37. The third-order valence-corrected chi connectivity index (χ3v) is 6.93. The van der Waals surface area contributed by atoms with Crippen molar-refractivity contribution in [1.29, 1.82) is 0 Å². The van der Waals surface area contributed by atoms with E-state index < -0.39 is 0 Å². The molecular formula is C25H25N3OS. The Morgan fingerprint density at radius 3 is 2.37 bits per heavy atom. The first kappa shape index (κ1) is 19.2. The quantitative estimate of drug-likeness (QED) is 0.472. The van der Waals surface area contributed by atoms with Crippen LogP contribution in [0.1, 0.15) is 30.3 Å². The number of piperidine rings is 1. The van der Waals surface area contributed by atoms with Crippen molar-refractivity contribution in [3.05, 3.63) is 87.8 Å². The summed E-state index contributed by atoms with van der Waals surface area (Å²) in [6, 6.07) is 20.7. The van der Waals surface area contributed by atoms with Gasteiger partial charge in [-0.1, -0.05) is 60.7 Å². The van der Waals surface area contributed by atoms with Crippen LogP contribution < -0.4 is 5.56 Å². The predicted octanol–water partition coefficient (Wildman–Crippen LogP) is 4.98. The first-order valence-corrected chi connectivity index (χ1v) is 11.4. The summed E-state index contributed by atoms with van der Waals surface area (Å²) in [7, 11) is 2.15. The Hall–Kier alpha value is -2.76. The summed E-state index contributed by atoms with van der Waals surface area (Å²) in [5.41, 5.74) is 3.38. The Bertz CT molecular complexity index is 1210. The van der Waals surface area contributed by atoms with Crippen LogP contribution in [0.2, 0.25) is 0 Å². The molecule has 4 nitrogen and oxygen atoms in total. The highest BCUT2D eigenvalue weighted by atomic mass is 32.1. The first-order valence-electron chi connectivity index (χ1n) is 10.5. The van der Waals surface area contributed by atoms with E-state index in [-0.39, 0.29) is 11.6 Å². The summed E-state index contributed by atoms with van der Waals surface area (Å²) in [5, 5.41) is 2.85. The molecule has 1 fully saturated rings. The number of hydrogen-bond acceptors (Lipinski definition) is 4. The van der Waals surface area contributed by atoms with Crippen molar-refractivity contribution in [2.24, 2.45) is 0 Å². The number of hydrogen-bond donors (Lipinski definition) is 0. The highest BCUT2D eigenvalue weighted by molar-refractivity contribution is 7.17. The minimum atomic E-state index is 0.112. The van der Waals surface area contributed by atoms with E-state index in [4.69, 9.17) is 4.98 Å². The summed E-state index contributed by atoms with van der Waals surface area (Å²) in [6.45, 7) is 2.02. The molecule has 152 valence electrons. The number of aromatic nitrogens is 2. The molecule has 1 aliphatic heterocycles. The fourth-order valence-corrected chi connectivity index (χ4v) is 5.37. The highest BCUT2D eigenvalue weighted by Gasteiger charge is 2.25. The lowest BCUT2D eigenvalue weighted by atomic mass is 10.0. The number of fused-ring (bicyclic) bond motifs is 1. The second kappa shape index (κ2) is 8.17. The van der Waals surface area contributed by atoms with E-state index in [0.29, 0.717) is 6.42 Å². The molecule has 4 aromatic rings. The maximum Gasteiger partial charge on any atom is 0.263 e. The molecule has 0 aliphatic carbocycles. The second-order valence-corrected chi connectivity index (χ2v) is 8.95. The van der Waals surface area contributed by atoms with Gasteiger partial charge in [0.25, 0.3) is 5.56 Å². The lowest BCUT2D eigenvalue weighted by Gasteiger charge is -2.31. The van der Waals surface area contributed by atoms with Crippen LogP contribution in [0.25, 0.3) is 21.3 Å². The van der Waals surface area contributed by atoms with E-state index in [1.165, 1.54) is 5.56 Å². The van der Waals surface area contributed by atoms with Crippen molar-refractivity contribution in [2.45, 2.75) is 25.3 Å². The lowest BCUT2D eigenvalue weighted by molar-refractivity contribution is 0.216. The Morgan fingerprint density at radius 2 is 1.67 bits per heavy atom. The Morgan fingerprint density at radius 1 is 1.00 bits per heavy atom. The summed E-state index contributed by atoms with van der Waals surface area (Å²) < 4.78 is 2.02. The van der Waals surface area contributed by atoms with E-state index in [2.05, 4.69) is 41.6 Å². The van der Waals surface area contributed by atoms with Gasteiger partial charge in [-0.25, -0.2) is 4.98 Å². The number of nitrogens with zero attached hydrogens (tertiary/aromatic N) is 3. The molecule has 0 unspecified atom stereocenters. The van der Waals surface area contributed by atoms with E-state index >= 15 is 0 Å². The van der Waals surface area contributed by atoms with Crippen molar-refractivity contribution < 1.29 is 0 Å². The van der Waals surface area contributed by atoms with Gasteiger partial charge in [0.15, 0.2) is 0 Å². The van der Waals surface area contributed by atoms with Crippen LogP contribution in [0.5, 0.6) is 0 Å². The zero-order valence-electron chi connectivity index (χ0n) is 17.1. The zero-order valence-corrected chi connectivity index (χ0v) is 17.9. The monoisotopic (exact) mass is 415 g/mol. The standard InChI is InChI=1S/C25H25N3OS/c1-27-14-12-20(13-15-27)28-22(16-18-8-4-2-5-9-18)26-24-23(25(28)29)21(17-30-24)19-10-6-3-7-11-19/h2-11,17,20H,12-16H2,1H3. The molecule has 5 heteroatoms. The third kappa shape index (κ3) is 3.59. The number of thiophene rings is 1. The normalized spacial score (nSPS) is 15.6. The van der Waals surface area contributed by atoms with Crippen LogP contribution in [-0.2, 0) is 6.42 Å². The second-order valence-electron chi connectivity index (χ2n) is 8.10. The average molecular weight is 416 g/mol. The molecular weight excluding hydrogens is 390 g/mol. The van der Waals surface area contributed by atoms with Gasteiger partial charge in [0, 0.05) is 23.4 Å². The van der Waals surface area contributed by atoms with Crippen molar-refractivity contribution >= 4 is 21.6 Å². The minimum absolute atomic E-state index is 0.112. The molecule has 0 amide bonds. The van der Waals surface area contributed by atoms with Gasteiger partial charge in [0.1, 0.15) is 10.7 Å². The average Bonchev–Trinajstić information content (AvgIpc) is 3.21. The Labute approximate surface area is 180 Å². The van der Waals surface area contributed by atoms with Crippen molar-refractivity contribution in [1.82, 2.24) is 14.5 Å². The largest absolute Gasteiger partial charge is 0.306 e. The van der Waals surface area contributed by atoms with Gasteiger partial charge in [-0.15, -0.1) is 11.3 Å². The van der Waals surface area contributed by atoms with Crippen molar-refractivity contribution in [3.8, 4) is 11.1 Å². The minimum Gasteiger partial charge on any atom is -0.306 e. The summed E-state index contributed by atoms with van der Waals surface area (Å²) in [5.74, 6) is 0.884. The van der Waals surface area contributed by atoms with Gasteiger partial charge in [0.2, 0.25) is 0 Å². The third-order valence-electron chi connectivity index (χ3n) is 6.06. The maximum absolute atomic E-state index is 13.9. The van der Waals surface area contributed by atoms with Gasteiger partial charge < -0.3 is 4.90 Å². The van der Waals surface area contributed by atoms with Gasteiger partial charge in [-0.3, -0.25) is 9.36 Å². The SMILES string of the molecule is CN1CCC(n2c(Cc3ccccc3)nc3scc(-c4ccccc4)c3c2=O)CC1. The molecule has 0 spiro atoms. The molecule has 1 saturated heterocycles. The Kier molecular flexibility index (Phi) is 5.23. The maximum atomic E-state index is 13.9. The van der Waals surface area contributed by atoms with Crippen LogP contribution in [0.15, 0.2) is 70.8 Å². The molecule has 30 heavy (non-hydrogen) atoms.